The molecule has 0 atom stereocenters. The molecule has 0 saturated heterocycles. The number of rotatable bonds is 12. The summed E-state index contributed by atoms with van der Waals surface area (Å²) in [5.41, 5.74) is 26.8. The van der Waals surface area contributed by atoms with Crippen LogP contribution in [0, 0.1) is 50.2 Å². The van der Waals surface area contributed by atoms with Gasteiger partial charge in [0.1, 0.15) is 0 Å². The van der Waals surface area contributed by atoms with Gasteiger partial charge in [-0.25, -0.2) is 0 Å². The summed E-state index contributed by atoms with van der Waals surface area (Å²) < 4.78 is 6.63. The largest absolute Gasteiger partial charge is 0.367 e. The zero-order chi connectivity index (χ0) is 76.8. The van der Waals surface area contributed by atoms with Gasteiger partial charge >= 0.3 is 0 Å². The minimum absolute atomic E-state index is 0. The van der Waals surface area contributed by atoms with Crippen molar-refractivity contribution in [3.63, 3.8) is 0 Å². The van der Waals surface area contributed by atoms with E-state index in [4.69, 9.17) is 9.97 Å². The van der Waals surface area contributed by atoms with Gasteiger partial charge in [-0.15, -0.1) is 215 Å². The van der Waals surface area contributed by atoms with E-state index >= 15 is 0 Å². The standard InChI is InChI=1S/C20H18N.2C18H14N.2C16H15N2.C14H11N2.3Ir/c1-15(2)16-8-10-17(11-9-16)19-12-13-21-20(14-19)18-6-4-3-5-7-18;2*1-14-7-9-15(10-8-14)17-11-12-19-18(13-17)16-5-3-2-4-6-16;2*1-12(2)18-15-11-7-6-10-14(15)17-16(18)13-8-4-3-5-9-13;1-16-13-10-6-5-9-12(13)15-14(16)11-7-3-2-4-8-11;;;/h3-6,8-15H,1-2H3;2*2-5,7-13H,1H3;2*3-8,10-12H,1-2H3;2-7,9-10H,1H3;;;/q6*-1;;;. The molecule has 0 aliphatic heterocycles. The van der Waals surface area contributed by atoms with Gasteiger partial charge in [-0.3, -0.25) is 15.0 Å². The van der Waals surface area contributed by atoms with Crippen LogP contribution in [-0.4, -0.2) is 43.6 Å². The zero-order valence-corrected chi connectivity index (χ0v) is 72.4. The second-order valence-electron chi connectivity index (χ2n) is 27.7. The van der Waals surface area contributed by atoms with Crippen LogP contribution in [0.5, 0.6) is 0 Å². The maximum absolute atomic E-state index is 4.74. The Labute approximate surface area is 712 Å². The quantitative estimate of drug-likeness (QED) is 0.113. The van der Waals surface area contributed by atoms with Crippen molar-refractivity contribution in [1.82, 2.24) is 43.6 Å². The van der Waals surface area contributed by atoms with E-state index < -0.39 is 0 Å². The van der Waals surface area contributed by atoms with Gasteiger partial charge in [0.2, 0.25) is 0 Å². The maximum Gasteiger partial charge on any atom is 0.0770 e. The van der Waals surface area contributed by atoms with E-state index in [1.165, 1.54) is 61.1 Å². The monoisotopic (exact) mass is 2020 g/mol. The number of benzene rings is 12. The molecule has 0 aliphatic carbocycles. The molecular formula is C102H87Ir3N9-6. The van der Waals surface area contributed by atoms with Gasteiger partial charge < -0.3 is 28.7 Å². The smallest absolute Gasteiger partial charge is 0.0770 e. The fourth-order valence-electron chi connectivity index (χ4n) is 13.0. The molecule has 0 saturated carbocycles. The number of hydrogen-bond acceptors (Lipinski definition) is 6. The summed E-state index contributed by atoms with van der Waals surface area (Å²) in [5, 5.41) is 0. The Bertz CT molecular complexity index is 5690. The molecule has 0 unspecified atom stereocenters. The molecule has 0 fully saturated rings. The first-order valence-corrected chi connectivity index (χ1v) is 37.6. The van der Waals surface area contributed by atoms with E-state index in [0.29, 0.717) is 18.0 Å². The van der Waals surface area contributed by atoms with Crippen LogP contribution in [-0.2, 0) is 67.4 Å². The molecule has 0 aliphatic rings. The van der Waals surface area contributed by atoms with Crippen LogP contribution in [0.1, 0.15) is 76.2 Å². The van der Waals surface area contributed by atoms with Crippen LogP contribution in [0.2, 0.25) is 0 Å². The first-order valence-electron chi connectivity index (χ1n) is 37.6. The molecule has 6 heterocycles. The van der Waals surface area contributed by atoms with Crippen molar-refractivity contribution in [1.29, 1.82) is 0 Å². The summed E-state index contributed by atoms with van der Waals surface area (Å²) in [6, 6.07) is 131. The number of aryl methyl sites for hydroxylation is 3. The summed E-state index contributed by atoms with van der Waals surface area (Å²) in [7, 11) is 2.03. The van der Waals surface area contributed by atoms with Gasteiger partial charge in [0.05, 0.1) is 50.6 Å². The number of aromatic nitrogens is 9. The predicted molar refractivity (Wildman–Crippen MR) is 459 cm³/mol. The molecular weight excluding hydrogens is 1930 g/mol. The van der Waals surface area contributed by atoms with Gasteiger partial charge in [0, 0.05) is 98.0 Å². The molecule has 0 bridgehead atoms. The van der Waals surface area contributed by atoms with Crippen LogP contribution in [0.3, 0.4) is 0 Å². The first-order chi connectivity index (χ1) is 54.3. The fourth-order valence-corrected chi connectivity index (χ4v) is 13.0. The molecule has 573 valence electrons. The van der Waals surface area contributed by atoms with E-state index in [2.05, 4.69) is 277 Å². The SMILES string of the molecule is CC(C)c1ccc(-c2ccnc(-c3[c-]cccc3)c2)cc1.CC(C)n1c(-c2[c-]cccc2)nc2ccccc21.CC(C)n1c(-c2[c-]cccc2)nc2ccccc21.Cc1ccc(-c2ccnc(-c3[c-]cccc3)c2)cc1.Cc1ccc(-c2ccnc(-c3[c-]cccc3)c2)cc1.Cn1c(-c2[c-]cccc2)nc2ccccc21.[Ir].[Ir].[Ir]. The third-order valence-electron chi connectivity index (χ3n) is 18.8. The average Bonchev–Trinajstić information content (AvgIpc) is 1.64. The topological polar surface area (TPSA) is 92.1 Å². The van der Waals surface area contributed by atoms with Crippen molar-refractivity contribution in [2.24, 2.45) is 7.05 Å². The summed E-state index contributed by atoms with van der Waals surface area (Å²) >= 11 is 0. The molecule has 3 radical (unpaired) electrons. The molecule has 12 aromatic carbocycles. The summed E-state index contributed by atoms with van der Waals surface area (Å²) in [6.45, 7) is 17.3. The van der Waals surface area contributed by atoms with Crippen LogP contribution in [0.4, 0.5) is 0 Å². The van der Waals surface area contributed by atoms with E-state index in [1.807, 2.05) is 202 Å². The second-order valence-corrected chi connectivity index (χ2v) is 27.7. The van der Waals surface area contributed by atoms with Gasteiger partial charge in [0.15, 0.2) is 0 Å². The van der Waals surface area contributed by atoms with Gasteiger partial charge in [-0.2, -0.15) is 0 Å². The Morgan fingerprint density at radius 2 is 0.544 bits per heavy atom. The third-order valence-corrected chi connectivity index (χ3v) is 18.8. The molecule has 12 heteroatoms. The fraction of sp³-hybridized carbons (Fsp3) is 0.118. The summed E-state index contributed by atoms with van der Waals surface area (Å²) in [5.74, 6) is 3.51. The van der Waals surface area contributed by atoms with Crippen molar-refractivity contribution >= 4 is 33.1 Å². The number of hydrogen-bond donors (Lipinski definition) is 0. The van der Waals surface area contributed by atoms with E-state index in [-0.39, 0.29) is 60.3 Å². The van der Waals surface area contributed by atoms with Gasteiger partial charge in [-0.1, -0.05) is 152 Å². The van der Waals surface area contributed by atoms with Crippen LogP contribution < -0.4 is 0 Å². The van der Waals surface area contributed by atoms with Crippen LogP contribution >= 0.6 is 0 Å². The molecule has 9 nitrogen and oxygen atoms in total. The zero-order valence-electron chi connectivity index (χ0n) is 65.2. The number of pyridine rings is 3. The summed E-state index contributed by atoms with van der Waals surface area (Å²) in [4.78, 5) is 27.4. The third kappa shape index (κ3) is 21.8. The molecule has 18 rings (SSSR count). The van der Waals surface area contributed by atoms with Crippen molar-refractivity contribution in [3.05, 3.63) is 399 Å². The van der Waals surface area contributed by atoms with Gasteiger partial charge in [0.25, 0.3) is 0 Å². The number of imidazole rings is 3. The van der Waals surface area contributed by atoms with E-state index in [9.17, 15) is 0 Å². The Morgan fingerprint density at radius 1 is 0.272 bits per heavy atom. The Morgan fingerprint density at radius 3 is 0.842 bits per heavy atom. The normalized spacial score (nSPS) is 10.5. The number of nitrogens with zero attached hydrogens (tertiary/aromatic N) is 9. The maximum atomic E-state index is 4.74. The average molecular weight is 2020 g/mol. The minimum Gasteiger partial charge on any atom is -0.367 e. The summed E-state index contributed by atoms with van der Waals surface area (Å²) in [6.07, 6.45) is 5.57. The van der Waals surface area contributed by atoms with Gasteiger partial charge in [-0.05, 0) is 158 Å². The Kier molecular flexibility index (Phi) is 31.1. The molecule has 0 amide bonds. The molecule has 6 aromatic heterocycles. The van der Waals surface area contributed by atoms with E-state index in [0.717, 1.165) is 90.0 Å². The second kappa shape index (κ2) is 41.8. The van der Waals surface area contributed by atoms with Crippen molar-refractivity contribution in [2.45, 2.75) is 73.4 Å². The number of fused-ring (bicyclic) bond motifs is 3. The molecule has 114 heavy (non-hydrogen) atoms. The van der Waals surface area contributed by atoms with Crippen LogP contribution in [0.15, 0.2) is 346 Å². The van der Waals surface area contributed by atoms with Crippen molar-refractivity contribution < 1.29 is 60.3 Å². The molecule has 0 N–H and O–H groups in total. The van der Waals surface area contributed by atoms with Crippen LogP contribution in [0.25, 0.3) is 134 Å². The van der Waals surface area contributed by atoms with Crippen molar-refractivity contribution in [2.75, 3.05) is 0 Å². The minimum atomic E-state index is 0. The molecule has 0 spiro atoms. The Hall–Kier alpha value is -11.6. The first kappa shape index (κ1) is 84.9. The predicted octanol–water partition coefficient (Wildman–Crippen LogP) is 25.6. The molecule has 18 aromatic rings. The van der Waals surface area contributed by atoms with E-state index in [1.54, 1.807) is 0 Å². The van der Waals surface area contributed by atoms with Crippen molar-refractivity contribution in [3.8, 4) is 101 Å². The number of para-hydroxylation sites is 6. The Balaban J connectivity index is 0.000000144.